The summed E-state index contributed by atoms with van der Waals surface area (Å²) in [5, 5.41) is 0. The Balaban J connectivity index is 4.43. The molecular weight excluding hydrogens is 1010 g/mol. The third-order valence-corrected chi connectivity index (χ3v) is 14.1. The number of hydrogen-bond donors (Lipinski definition) is 0. The summed E-state index contributed by atoms with van der Waals surface area (Å²) in [4.78, 5) is 38.3. The molecule has 0 amide bonds. The predicted octanol–water partition coefficient (Wildman–Crippen LogP) is 23.5. The lowest BCUT2D eigenvalue weighted by Crippen LogP contribution is -2.30. The first-order chi connectivity index (χ1) is 40.5. The van der Waals surface area contributed by atoms with Crippen LogP contribution in [0.5, 0.6) is 0 Å². The normalized spacial score (nSPS) is 13.1. The van der Waals surface area contributed by atoms with Crippen LogP contribution in [0.2, 0.25) is 0 Å². The molecule has 0 radical (unpaired) electrons. The molecule has 1 atom stereocenters. The van der Waals surface area contributed by atoms with Crippen molar-refractivity contribution in [3.63, 3.8) is 0 Å². The molecule has 6 nitrogen and oxygen atoms in total. The minimum atomic E-state index is -0.831. The van der Waals surface area contributed by atoms with Gasteiger partial charge in [0.2, 0.25) is 0 Å². The fourth-order valence-corrected chi connectivity index (χ4v) is 9.12. The van der Waals surface area contributed by atoms with E-state index in [-0.39, 0.29) is 44.0 Å². The summed E-state index contributed by atoms with van der Waals surface area (Å²) in [6.45, 7) is 6.33. The molecule has 0 aromatic heterocycles. The second-order valence-electron chi connectivity index (χ2n) is 22.0. The van der Waals surface area contributed by atoms with Gasteiger partial charge in [-0.3, -0.25) is 14.4 Å². The summed E-state index contributed by atoms with van der Waals surface area (Å²) in [5.41, 5.74) is 0. The lowest BCUT2D eigenvalue weighted by molar-refractivity contribution is -0.166. The van der Waals surface area contributed by atoms with E-state index in [1.165, 1.54) is 135 Å². The van der Waals surface area contributed by atoms with Crippen LogP contribution in [0, 0.1) is 0 Å². The largest absolute Gasteiger partial charge is 0.462 e. The fraction of sp³-hybridized carbons (Fsp3) is 0.645. The van der Waals surface area contributed by atoms with E-state index in [2.05, 4.69) is 161 Å². The predicted molar refractivity (Wildman–Crippen MR) is 357 cm³/mol. The lowest BCUT2D eigenvalue weighted by Gasteiger charge is -2.18. The Morgan fingerprint density at radius 3 is 0.817 bits per heavy atom. The SMILES string of the molecule is CC/C=C\C/C=C\C/C=C\C/C=C\C/C=C\C/C=C\C/C=C\C/C=C\CCCCC(=O)OCC(COC(=O)CC/C=C\C/C=C\C/C=C\C/C=C\CC)OC(=O)CCCCCCCCCCCCCCCCCCCCCCCCCC. The van der Waals surface area contributed by atoms with E-state index in [9.17, 15) is 14.4 Å². The molecule has 0 aliphatic rings. The molecule has 0 spiro atoms. The smallest absolute Gasteiger partial charge is 0.306 e. The molecule has 1 unspecified atom stereocenters. The number of unbranched alkanes of at least 4 members (excludes halogenated alkanes) is 25. The average molecular weight is 1130 g/mol. The van der Waals surface area contributed by atoms with E-state index in [1.54, 1.807) is 0 Å². The van der Waals surface area contributed by atoms with Crippen molar-refractivity contribution in [2.75, 3.05) is 13.2 Å². The van der Waals surface area contributed by atoms with Gasteiger partial charge < -0.3 is 14.2 Å². The van der Waals surface area contributed by atoms with E-state index < -0.39 is 6.10 Å². The van der Waals surface area contributed by atoms with Gasteiger partial charge in [-0.2, -0.15) is 0 Å². The van der Waals surface area contributed by atoms with Crippen molar-refractivity contribution in [3.05, 3.63) is 146 Å². The number of rotatable bonds is 60. The molecule has 6 heteroatoms. The molecule has 0 aromatic rings. The van der Waals surface area contributed by atoms with Gasteiger partial charge in [0.05, 0.1) is 0 Å². The highest BCUT2D eigenvalue weighted by Crippen LogP contribution is 2.17. The van der Waals surface area contributed by atoms with Gasteiger partial charge in [-0.1, -0.05) is 314 Å². The molecule has 82 heavy (non-hydrogen) atoms. The highest BCUT2D eigenvalue weighted by molar-refractivity contribution is 5.71. The van der Waals surface area contributed by atoms with Gasteiger partial charge in [0.25, 0.3) is 0 Å². The van der Waals surface area contributed by atoms with Gasteiger partial charge in [0, 0.05) is 19.3 Å². The maximum absolute atomic E-state index is 12.9. The zero-order valence-electron chi connectivity index (χ0n) is 53.2. The van der Waals surface area contributed by atoms with E-state index in [1.807, 2.05) is 6.08 Å². The van der Waals surface area contributed by atoms with Crippen molar-refractivity contribution in [2.45, 2.75) is 303 Å². The van der Waals surface area contributed by atoms with Gasteiger partial charge in [0.15, 0.2) is 6.10 Å². The number of esters is 3. The number of carbonyl (C=O) groups excluding carboxylic acids is 3. The van der Waals surface area contributed by atoms with Crippen LogP contribution in [-0.4, -0.2) is 37.2 Å². The maximum Gasteiger partial charge on any atom is 0.306 e. The first kappa shape index (κ1) is 77.3. The van der Waals surface area contributed by atoms with Crippen molar-refractivity contribution in [1.29, 1.82) is 0 Å². The summed E-state index contributed by atoms with van der Waals surface area (Å²) in [6.07, 6.45) is 98.9. The van der Waals surface area contributed by atoms with Crippen LogP contribution in [0.3, 0.4) is 0 Å². The molecule has 0 saturated carbocycles. The lowest BCUT2D eigenvalue weighted by atomic mass is 10.0. The van der Waals surface area contributed by atoms with Gasteiger partial charge in [-0.05, 0) is 109 Å². The van der Waals surface area contributed by atoms with Crippen molar-refractivity contribution in [3.8, 4) is 0 Å². The van der Waals surface area contributed by atoms with Crippen LogP contribution >= 0.6 is 0 Å². The number of ether oxygens (including phenoxy) is 3. The molecule has 0 heterocycles. The Hall–Kier alpha value is -4.71. The van der Waals surface area contributed by atoms with Gasteiger partial charge in [-0.25, -0.2) is 0 Å². The van der Waals surface area contributed by atoms with Crippen molar-refractivity contribution >= 4 is 17.9 Å². The fourth-order valence-electron chi connectivity index (χ4n) is 9.12. The molecule has 0 rings (SSSR count). The minimum Gasteiger partial charge on any atom is -0.462 e. The molecule has 0 aliphatic carbocycles. The molecular formula is C76H124O6. The van der Waals surface area contributed by atoms with E-state index >= 15 is 0 Å². The molecule has 0 N–H and O–H groups in total. The third kappa shape index (κ3) is 66.1. The minimum absolute atomic E-state index is 0.126. The molecule has 0 bridgehead atoms. The summed E-state index contributed by atoms with van der Waals surface area (Å²) >= 11 is 0. The summed E-state index contributed by atoms with van der Waals surface area (Å²) in [5.74, 6) is -1.04. The van der Waals surface area contributed by atoms with Crippen LogP contribution in [0.4, 0.5) is 0 Å². The summed E-state index contributed by atoms with van der Waals surface area (Å²) in [6, 6.07) is 0. The topological polar surface area (TPSA) is 78.9 Å². The van der Waals surface area contributed by atoms with Gasteiger partial charge >= 0.3 is 17.9 Å². The Morgan fingerprint density at radius 2 is 0.500 bits per heavy atom. The highest BCUT2D eigenvalue weighted by atomic mass is 16.6. The van der Waals surface area contributed by atoms with Crippen molar-refractivity contribution in [2.24, 2.45) is 0 Å². The van der Waals surface area contributed by atoms with Crippen molar-refractivity contribution < 1.29 is 28.6 Å². The summed E-state index contributed by atoms with van der Waals surface area (Å²) in [7, 11) is 0. The Kier molecular flexibility index (Phi) is 64.8. The highest BCUT2D eigenvalue weighted by Gasteiger charge is 2.19. The number of allylic oxidation sites excluding steroid dienone is 24. The maximum atomic E-state index is 12.9. The van der Waals surface area contributed by atoms with E-state index in [4.69, 9.17) is 14.2 Å². The van der Waals surface area contributed by atoms with E-state index in [0.29, 0.717) is 19.3 Å². The quantitative estimate of drug-likeness (QED) is 0.0261. The zero-order valence-corrected chi connectivity index (χ0v) is 53.2. The number of carbonyl (C=O) groups is 3. The second kappa shape index (κ2) is 68.8. The van der Waals surface area contributed by atoms with Crippen LogP contribution < -0.4 is 0 Å². The Morgan fingerprint density at radius 1 is 0.256 bits per heavy atom. The summed E-state index contributed by atoms with van der Waals surface area (Å²) < 4.78 is 16.8. The first-order valence-corrected chi connectivity index (χ1v) is 33.8. The molecule has 0 saturated heterocycles. The standard InChI is InChI=1S/C76H124O6/c1-4-7-10-13-16-19-22-25-27-29-31-33-35-37-38-39-41-42-44-46-48-51-54-57-60-63-66-69-75(78)81-72-73(71-80-74(77)68-65-62-59-56-53-50-24-21-18-15-12-9-6-3)82-76(79)70-67-64-61-58-55-52-49-47-45-43-40-36-34-32-30-28-26-23-20-17-14-11-8-5-2/h7,9-10,12,16,18-19,21,25,27,31,33,37-38,41-42,46,48,50,53-54,57,59,62,73H,4-6,8,11,13-15,17,20,22-24,26,28-30,32,34-36,39-40,43-45,47,49,51-52,55-56,58,60-61,63-72H2,1-3H3/b10-7-,12-9-,19-16-,21-18-,27-25-,33-31-,38-37-,42-41-,48-46-,53-50-,57-54-,62-59-. The van der Waals surface area contributed by atoms with E-state index in [0.717, 1.165) is 109 Å². The Bertz CT molecular complexity index is 1780. The van der Waals surface area contributed by atoms with Crippen LogP contribution in [0.15, 0.2) is 146 Å². The third-order valence-electron chi connectivity index (χ3n) is 14.1. The Labute approximate surface area is 506 Å². The first-order valence-electron chi connectivity index (χ1n) is 33.8. The zero-order chi connectivity index (χ0) is 59.2. The van der Waals surface area contributed by atoms with Crippen molar-refractivity contribution in [1.82, 2.24) is 0 Å². The number of hydrogen-bond acceptors (Lipinski definition) is 6. The van der Waals surface area contributed by atoms with Crippen LogP contribution in [0.1, 0.15) is 297 Å². The van der Waals surface area contributed by atoms with Crippen LogP contribution in [-0.2, 0) is 28.6 Å². The average Bonchev–Trinajstić information content (AvgIpc) is 3.47. The molecule has 0 fully saturated rings. The van der Waals surface area contributed by atoms with Gasteiger partial charge in [0.1, 0.15) is 13.2 Å². The second-order valence-corrected chi connectivity index (χ2v) is 22.0. The monoisotopic (exact) mass is 1130 g/mol. The molecule has 0 aromatic carbocycles. The molecule has 464 valence electrons. The molecule has 0 aliphatic heterocycles. The van der Waals surface area contributed by atoms with Gasteiger partial charge in [-0.15, -0.1) is 0 Å². The van der Waals surface area contributed by atoms with Crippen LogP contribution in [0.25, 0.3) is 0 Å².